The van der Waals surface area contributed by atoms with Crippen LogP contribution >= 0.6 is 0 Å². The second-order valence-electron chi connectivity index (χ2n) is 8.72. The summed E-state index contributed by atoms with van der Waals surface area (Å²) in [6.45, 7) is 10.6. The van der Waals surface area contributed by atoms with Gasteiger partial charge in [0.2, 0.25) is 5.69 Å². The predicted octanol–water partition coefficient (Wildman–Crippen LogP) is 2.38. The molecule has 0 amide bonds. The number of nitrogens with zero attached hydrogens (tertiary/aromatic N) is 2. The van der Waals surface area contributed by atoms with E-state index < -0.39 is 0 Å². The summed E-state index contributed by atoms with van der Waals surface area (Å²) in [6.07, 6.45) is 0.941. The third-order valence-corrected chi connectivity index (χ3v) is 5.89. The molecule has 0 fully saturated rings. The molecule has 2 heterocycles. The largest absolute Gasteiger partial charge is 0.318 e. The number of anilines is 1. The third-order valence-electron chi connectivity index (χ3n) is 5.89. The number of benzene rings is 2. The van der Waals surface area contributed by atoms with Gasteiger partial charge in [0.25, 0.3) is 5.84 Å². The molecule has 0 unspecified atom stereocenters. The summed E-state index contributed by atoms with van der Waals surface area (Å²) in [4.78, 5) is 16.9. The van der Waals surface area contributed by atoms with Crippen molar-refractivity contribution < 1.29 is 4.99 Å². The van der Waals surface area contributed by atoms with E-state index in [1.54, 1.807) is 4.68 Å². The summed E-state index contributed by atoms with van der Waals surface area (Å²) in [7, 11) is 1.92. The van der Waals surface area contributed by atoms with E-state index in [0.717, 1.165) is 29.2 Å². The maximum absolute atomic E-state index is 13.3. The Morgan fingerprint density at radius 2 is 1.69 bits per heavy atom. The molecule has 1 aromatic heterocycles. The number of aryl methyl sites for hydroxylation is 2. The van der Waals surface area contributed by atoms with Crippen molar-refractivity contribution in [2.75, 3.05) is 5.32 Å². The topological polar surface area (TPSA) is 52.9 Å². The van der Waals surface area contributed by atoms with E-state index in [4.69, 9.17) is 0 Å². The van der Waals surface area contributed by atoms with Crippen molar-refractivity contribution in [3.05, 3.63) is 80.8 Å². The smallest absolute Gasteiger partial charge is 0.281 e. The standard InChI is InChI=1S/C24H28N4O/c1-15-12-18-14-24(4,5)26-22(20(18)13-16(15)2)25-21-17(3)27(6)28(23(21)29)19-10-8-7-9-11-19/h7-13H,14H2,1-6H3,(H,25,26)/p+1. The third kappa shape index (κ3) is 3.31. The van der Waals surface area contributed by atoms with Gasteiger partial charge in [-0.15, -0.1) is 0 Å². The van der Waals surface area contributed by atoms with Gasteiger partial charge in [0.1, 0.15) is 5.54 Å². The van der Waals surface area contributed by atoms with E-state index in [2.05, 4.69) is 50.1 Å². The lowest BCUT2D eigenvalue weighted by Crippen LogP contribution is -2.89. The monoisotopic (exact) mass is 389 g/mol. The van der Waals surface area contributed by atoms with Crippen LogP contribution in [0.3, 0.4) is 0 Å². The van der Waals surface area contributed by atoms with Crippen molar-refractivity contribution in [1.82, 2.24) is 9.36 Å². The molecule has 29 heavy (non-hydrogen) atoms. The summed E-state index contributed by atoms with van der Waals surface area (Å²) < 4.78 is 3.60. The van der Waals surface area contributed by atoms with Crippen molar-refractivity contribution in [2.45, 2.75) is 46.6 Å². The highest BCUT2D eigenvalue weighted by Crippen LogP contribution is 2.23. The quantitative estimate of drug-likeness (QED) is 0.707. The Hall–Kier alpha value is -3.08. The van der Waals surface area contributed by atoms with Crippen molar-refractivity contribution in [2.24, 2.45) is 7.05 Å². The predicted molar refractivity (Wildman–Crippen MR) is 118 cm³/mol. The molecule has 2 aromatic carbocycles. The Morgan fingerprint density at radius 1 is 1.03 bits per heavy atom. The van der Waals surface area contributed by atoms with Crippen LogP contribution in [0.5, 0.6) is 0 Å². The van der Waals surface area contributed by atoms with Crippen molar-refractivity contribution in [3.8, 4) is 5.69 Å². The van der Waals surface area contributed by atoms with Crippen LogP contribution in [0.25, 0.3) is 5.69 Å². The number of rotatable bonds is 2. The first-order valence-corrected chi connectivity index (χ1v) is 10.0. The second kappa shape index (κ2) is 6.76. The first-order valence-electron chi connectivity index (χ1n) is 10.0. The fraction of sp³-hybridized carbons (Fsp3) is 0.333. The lowest BCUT2D eigenvalue weighted by atomic mass is 9.86. The van der Waals surface area contributed by atoms with Crippen LogP contribution < -0.4 is 15.9 Å². The fourth-order valence-electron chi connectivity index (χ4n) is 4.12. The van der Waals surface area contributed by atoms with E-state index in [1.165, 1.54) is 16.7 Å². The summed E-state index contributed by atoms with van der Waals surface area (Å²) >= 11 is 0. The van der Waals surface area contributed by atoms with Crippen molar-refractivity contribution in [3.63, 3.8) is 0 Å². The Balaban J connectivity index is 1.84. The summed E-state index contributed by atoms with van der Waals surface area (Å²) in [6, 6.07) is 14.2. The molecule has 1 aliphatic rings. The summed E-state index contributed by atoms with van der Waals surface area (Å²) in [5.41, 5.74) is 7.17. The normalized spacial score (nSPS) is 15.0. The number of hydrogen-bond acceptors (Lipinski definition) is 2. The Bertz CT molecular complexity index is 1180. The van der Waals surface area contributed by atoms with Crippen LogP contribution in [-0.2, 0) is 13.5 Å². The molecule has 3 aromatic rings. The van der Waals surface area contributed by atoms with Gasteiger partial charge in [0, 0.05) is 13.5 Å². The van der Waals surface area contributed by atoms with E-state index in [1.807, 2.05) is 49.0 Å². The highest BCUT2D eigenvalue weighted by Gasteiger charge is 2.33. The van der Waals surface area contributed by atoms with Crippen molar-refractivity contribution >= 4 is 11.5 Å². The molecule has 0 bridgehead atoms. The van der Waals surface area contributed by atoms with E-state index in [-0.39, 0.29) is 11.1 Å². The van der Waals surface area contributed by atoms with Gasteiger partial charge in [-0.25, -0.2) is 10.00 Å². The molecule has 0 atom stereocenters. The Morgan fingerprint density at radius 3 is 2.38 bits per heavy atom. The minimum absolute atomic E-state index is 0.0562. The highest BCUT2D eigenvalue weighted by atomic mass is 16.1. The van der Waals surface area contributed by atoms with E-state index in [0.29, 0.717) is 5.69 Å². The van der Waals surface area contributed by atoms with Gasteiger partial charge in [-0.1, -0.05) is 24.3 Å². The number of aromatic nitrogens is 2. The Kier molecular flexibility index (Phi) is 4.49. The molecule has 4 rings (SSSR count). The average molecular weight is 390 g/mol. The van der Waals surface area contributed by atoms with Crippen molar-refractivity contribution in [1.29, 1.82) is 0 Å². The van der Waals surface area contributed by atoms with E-state index >= 15 is 0 Å². The molecule has 0 saturated heterocycles. The minimum Gasteiger partial charge on any atom is -0.281 e. The molecule has 0 saturated carbocycles. The highest BCUT2D eigenvalue weighted by molar-refractivity contribution is 6.06. The molecule has 0 aliphatic carbocycles. The van der Waals surface area contributed by atoms with Gasteiger partial charge in [-0.3, -0.25) is 14.5 Å². The van der Waals surface area contributed by atoms with Crippen LogP contribution in [0.1, 0.15) is 41.8 Å². The fourth-order valence-corrected chi connectivity index (χ4v) is 4.12. The molecular weight excluding hydrogens is 360 g/mol. The summed E-state index contributed by atoms with van der Waals surface area (Å²) in [5, 5.41) is 3.46. The number of fused-ring (bicyclic) bond motifs is 1. The van der Waals surface area contributed by atoms with Crippen LogP contribution in [0.15, 0.2) is 47.3 Å². The maximum atomic E-state index is 13.3. The molecule has 0 radical (unpaired) electrons. The first kappa shape index (κ1) is 19.2. The van der Waals surface area contributed by atoms with Gasteiger partial charge in [-0.2, -0.15) is 0 Å². The van der Waals surface area contributed by atoms with Gasteiger partial charge in [-0.05, 0) is 69.5 Å². The average Bonchev–Trinajstić information content (AvgIpc) is 2.87. The van der Waals surface area contributed by atoms with Crippen LogP contribution in [0.2, 0.25) is 0 Å². The van der Waals surface area contributed by atoms with Gasteiger partial charge in [0.05, 0.1) is 16.9 Å². The van der Waals surface area contributed by atoms with Crippen LogP contribution in [-0.4, -0.2) is 20.7 Å². The van der Waals surface area contributed by atoms with E-state index in [9.17, 15) is 4.79 Å². The van der Waals surface area contributed by atoms with Gasteiger partial charge < -0.3 is 0 Å². The molecule has 2 N–H and O–H groups in total. The summed E-state index contributed by atoms with van der Waals surface area (Å²) in [5.74, 6) is 0.894. The van der Waals surface area contributed by atoms with Gasteiger partial charge in [0.15, 0.2) is 0 Å². The minimum atomic E-state index is -0.0990. The number of nitrogens with one attached hydrogen (secondary N) is 2. The maximum Gasteiger partial charge on any atom is 0.318 e. The number of hydrogen-bond donors (Lipinski definition) is 2. The first-order chi connectivity index (χ1) is 13.7. The zero-order valence-corrected chi connectivity index (χ0v) is 18.1. The molecular formula is C24H29N4O+. The molecule has 150 valence electrons. The lowest BCUT2D eigenvalue weighted by Gasteiger charge is -2.26. The van der Waals surface area contributed by atoms with Crippen LogP contribution in [0.4, 0.5) is 5.69 Å². The number of para-hydroxylation sites is 1. The molecule has 1 aliphatic heterocycles. The van der Waals surface area contributed by atoms with Crippen LogP contribution in [0, 0.1) is 20.8 Å². The molecule has 5 heteroatoms. The zero-order chi connectivity index (χ0) is 20.9. The zero-order valence-electron chi connectivity index (χ0n) is 18.1. The lowest BCUT2D eigenvalue weighted by molar-refractivity contribution is -0.545. The molecule has 5 nitrogen and oxygen atoms in total. The Labute approximate surface area is 171 Å². The molecule has 0 spiro atoms. The number of amidine groups is 1. The SMILES string of the molecule is Cc1cc2c(cc1C)C(Nc1c(C)n(C)n(-c3ccccc3)c1=O)=[NH+]C(C)(C)C2. The second-order valence-corrected chi connectivity index (χ2v) is 8.72. The van der Waals surface area contributed by atoms with Gasteiger partial charge >= 0.3 is 5.56 Å².